The first-order valence-corrected chi connectivity index (χ1v) is 11.2. The van der Waals surface area contributed by atoms with Crippen molar-refractivity contribution in [1.29, 1.82) is 0 Å². The van der Waals surface area contributed by atoms with E-state index in [4.69, 9.17) is 11.6 Å². The molecule has 3 rings (SSSR count). The van der Waals surface area contributed by atoms with Crippen molar-refractivity contribution >= 4 is 38.9 Å². The fourth-order valence-electron chi connectivity index (χ4n) is 2.95. The average molecular weight is 429 g/mol. The highest BCUT2D eigenvalue weighted by atomic mass is 35.5. The van der Waals surface area contributed by atoms with Crippen molar-refractivity contribution in [3.8, 4) is 0 Å². The zero-order valence-corrected chi connectivity index (χ0v) is 17.7. The molecule has 0 aromatic heterocycles. The zero-order chi connectivity index (χ0) is 21.0. The van der Waals surface area contributed by atoms with Gasteiger partial charge in [-0.1, -0.05) is 60.1 Å². The lowest BCUT2D eigenvalue weighted by atomic mass is 10.1. The summed E-state index contributed by atoms with van der Waals surface area (Å²) in [4.78, 5) is 13.0. The molecule has 29 heavy (non-hydrogen) atoms. The summed E-state index contributed by atoms with van der Waals surface area (Å²) in [5.41, 5.74) is 2.71. The fourth-order valence-corrected chi connectivity index (χ4v) is 4.02. The minimum atomic E-state index is -3.63. The number of hydrogen-bond donors (Lipinski definition) is 1. The predicted octanol–water partition coefficient (Wildman–Crippen LogP) is 4.87. The summed E-state index contributed by atoms with van der Waals surface area (Å²) in [5.74, 6) is -0.410. The Morgan fingerprint density at radius 2 is 1.62 bits per heavy atom. The van der Waals surface area contributed by atoms with Crippen LogP contribution in [-0.4, -0.2) is 20.6 Å². The van der Waals surface area contributed by atoms with E-state index >= 15 is 0 Å². The number of benzene rings is 3. The second-order valence-corrected chi connectivity index (χ2v) is 8.95. The van der Waals surface area contributed by atoms with Crippen molar-refractivity contribution in [3.63, 3.8) is 0 Å². The summed E-state index contributed by atoms with van der Waals surface area (Å²) in [6.07, 6.45) is 1.13. The molecule has 0 atom stereocenters. The van der Waals surface area contributed by atoms with Gasteiger partial charge >= 0.3 is 0 Å². The Morgan fingerprint density at radius 3 is 2.31 bits per heavy atom. The van der Waals surface area contributed by atoms with Gasteiger partial charge in [0.05, 0.1) is 24.1 Å². The smallest absolute Gasteiger partial charge is 0.257 e. The number of carbonyl (C=O) groups excluding carboxylic acids is 1. The second-order valence-electron chi connectivity index (χ2n) is 6.64. The quantitative estimate of drug-likeness (QED) is 0.609. The van der Waals surface area contributed by atoms with E-state index in [2.05, 4.69) is 5.32 Å². The van der Waals surface area contributed by atoms with Crippen LogP contribution in [0.1, 0.15) is 21.5 Å². The molecule has 0 aliphatic heterocycles. The number of nitrogens with zero attached hydrogens (tertiary/aromatic N) is 1. The van der Waals surface area contributed by atoms with Gasteiger partial charge in [-0.3, -0.25) is 9.10 Å². The van der Waals surface area contributed by atoms with Crippen LogP contribution in [0.2, 0.25) is 5.02 Å². The van der Waals surface area contributed by atoms with Crippen molar-refractivity contribution in [2.45, 2.75) is 13.5 Å². The number of halogens is 1. The van der Waals surface area contributed by atoms with Crippen molar-refractivity contribution in [3.05, 3.63) is 94.5 Å². The molecule has 0 saturated heterocycles. The van der Waals surface area contributed by atoms with Crippen LogP contribution in [0.4, 0.5) is 11.4 Å². The van der Waals surface area contributed by atoms with Crippen LogP contribution in [0, 0.1) is 6.92 Å². The van der Waals surface area contributed by atoms with Crippen LogP contribution < -0.4 is 9.62 Å². The molecular weight excluding hydrogens is 408 g/mol. The van der Waals surface area contributed by atoms with E-state index in [9.17, 15) is 13.2 Å². The van der Waals surface area contributed by atoms with E-state index < -0.39 is 15.9 Å². The largest absolute Gasteiger partial charge is 0.322 e. The lowest BCUT2D eigenvalue weighted by molar-refractivity contribution is 0.102. The molecule has 0 unspecified atom stereocenters. The van der Waals surface area contributed by atoms with Gasteiger partial charge < -0.3 is 5.32 Å². The maximum absolute atomic E-state index is 13.0. The molecule has 1 amide bonds. The second kappa shape index (κ2) is 8.68. The molecule has 7 heteroatoms. The molecule has 0 saturated carbocycles. The molecule has 3 aromatic carbocycles. The van der Waals surface area contributed by atoms with E-state index in [1.54, 1.807) is 42.5 Å². The summed E-state index contributed by atoms with van der Waals surface area (Å²) >= 11 is 6.14. The van der Waals surface area contributed by atoms with Crippen molar-refractivity contribution in [1.82, 2.24) is 0 Å². The van der Waals surface area contributed by atoms with E-state index in [1.165, 1.54) is 4.31 Å². The number of anilines is 2. The highest BCUT2D eigenvalue weighted by Crippen LogP contribution is 2.28. The van der Waals surface area contributed by atoms with Crippen molar-refractivity contribution < 1.29 is 13.2 Å². The number of sulfonamides is 1. The molecule has 0 spiro atoms. The number of nitrogens with one attached hydrogen (secondary N) is 1. The molecule has 150 valence electrons. The molecule has 0 bridgehead atoms. The molecular formula is C22H21ClN2O3S. The third-order valence-electron chi connectivity index (χ3n) is 4.50. The zero-order valence-electron chi connectivity index (χ0n) is 16.1. The highest BCUT2D eigenvalue weighted by Gasteiger charge is 2.23. The number of para-hydroxylation sites is 1. The van der Waals surface area contributed by atoms with Gasteiger partial charge in [0.15, 0.2) is 0 Å². The molecule has 0 aliphatic carbocycles. The summed E-state index contributed by atoms with van der Waals surface area (Å²) in [5, 5.41) is 3.37. The van der Waals surface area contributed by atoms with Gasteiger partial charge in [-0.25, -0.2) is 8.42 Å². The van der Waals surface area contributed by atoms with Gasteiger partial charge in [0.1, 0.15) is 0 Å². The molecule has 5 nitrogen and oxygen atoms in total. The fraction of sp³-hybridized carbons (Fsp3) is 0.136. The Hall–Kier alpha value is -2.83. The topological polar surface area (TPSA) is 66.5 Å². The minimum absolute atomic E-state index is 0.125. The van der Waals surface area contributed by atoms with Crippen LogP contribution in [-0.2, 0) is 16.6 Å². The van der Waals surface area contributed by atoms with Crippen LogP contribution in [0.3, 0.4) is 0 Å². The molecule has 3 aromatic rings. The lowest BCUT2D eigenvalue weighted by Gasteiger charge is -2.25. The Balaban J connectivity index is 1.99. The summed E-state index contributed by atoms with van der Waals surface area (Å²) in [6, 6.07) is 21.1. The third-order valence-corrected chi connectivity index (χ3v) is 6.04. The van der Waals surface area contributed by atoms with Gasteiger partial charge in [-0.15, -0.1) is 0 Å². The lowest BCUT2D eigenvalue weighted by Crippen LogP contribution is -2.31. The number of hydrogen-bond acceptors (Lipinski definition) is 3. The first-order chi connectivity index (χ1) is 13.8. The summed E-state index contributed by atoms with van der Waals surface area (Å²) < 4.78 is 26.3. The summed E-state index contributed by atoms with van der Waals surface area (Å²) in [7, 11) is -3.63. The highest BCUT2D eigenvalue weighted by molar-refractivity contribution is 7.92. The monoisotopic (exact) mass is 428 g/mol. The van der Waals surface area contributed by atoms with Crippen LogP contribution in [0.15, 0.2) is 72.8 Å². The molecule has 0 heterocycles. The van der Waals surface area contributed by atoms with Gasteiger partial charge in [0.2, 0.25) is 10.0 Å². The Kier molecular flexibility index (Phi) is 6.25. The van der Waals surface area contributed by atoms with Gasteiger partial charge in [-0.05, 0) is 42.3 Å². The van der Waals surface area contributed by atoms with E-state index in [0.717, 1.165) is 17.4 Å². The number of carbonyl (C=O) groups is 1. The van der Waals surface area contributed by atoms with Gasteiger partial charge in [-0.2, -0.15) is 0 Å². The van der Waals surface area contributed by atoms with Crippen LogP contribution in [0.5, 0.6) is 0 Å². The molecule has 0 aliphatic rings. The van der Waals surface area contributed by atoms with Crippen molar-refractivity contribution in [2.75, 3.05) is 15.9 Å². The van der Waals surface area contributed by atoms with E-state index in [-0.39, 0.29) is 12.1 Å². The number of amides is 1. The molecule has 1 N–H and O–H groups in total. The van der Waals surface area contributed by atoms with Gasteiger partial charge in [0, 0.05) is 10.7 Å². The normalized spacial score (nSPS) is 11.1. The number of rotatable bonds is 6. The van der Waals surface area contributed by atoms with Crippen LogP contribution >= 0.6 is 11.6 Å². The van der Waals surface area contributed by atoms with Crippen molar-refractivity contribution in [2.24, 2.45) is 0 Å². The summed E-state index contributed by atoms with van der Waals surface area (Å²) in [6.45, 7) is 1.93. The molecule has 0 fully saturated rings. The van der Waals surface area contributed by atoms with E-state index in [1.807, 2.05) is 37.3 Å². The maximum atomic E-state index is 13.0. The Bertz CT molecular complexity index is 1130. The standard InChI is InChI=1S/C22H21ClN2O3S/c1-16-19(23)12-8-13-20(16)24-22(26)18-11-6-7-14-21(18)25(29(2,27)28)15-17-9-4-3-5-10-17/h3-14H,15H2,1-2H3,(H,24,26). The van der Waals surface area contributed by atoms with E-state index in [0.29, 0.717) is 16.4 Å². The maximum Gasteiger partial charge on any atom is 0.257 e. The Morgan fingerprint density at radius 1 is 0.966 bits per heavy atom. The van der Waals surface area contributed by atoms with Gasteiger partial charge in [0.25, 0.3) is 5.91 Å². The molecule has 0 radical (unpaired) electrons. The third kappa shape index (κ3) is 4.96. The first-order valence-electron chi connectivity index (χ1n) is 8.94. The minimum Gasteiger partial charge on any atom is -0.322 e. The van der Waals surface area contributed by atoms with Crippen LogP contribution in [0.25, 0.3) is 0 Å². The average Bonchev–Trinajstić information content (AvgIpc) is 2.69. The SMILES string of the molecule is Cc1c(Cl)cccc1NC(=O)c1ccccc1N(Cc1ccccc1)S(C)(=O)=O. The predicted molar refractivity (Wildman–Crippen MR) is 118 cm³/mol. The Labute approximate surface area is 176 Å². The first kappa shape index (κ1) is 20.9.